The fraction of sp³-hybridized carbons (Fsp3) is 0.200. The molecule has 1 N–H and O–H groups in total. The Morgan fingerprint density at radius 1 is 1.11 bits per heavy atom. The number of thiazole rings is 1. The summed E-state index contributed by atoms with van der Waals surface area (Å²) in [6, 6.07) is 9.01. The van der Waals surface area contributed by atoms with Crippen molar-refractivity contribution in [1.82, 2.24) is 24.8 Å². The molecule has 2 amide bonds. The van der Waals surface area contributed by atoms with Gasteiger partial charge in [-0.05, 0) is 17.6 Å². The predicted molar refractivity (Wildman–Crippen MR) is 134 cm³/mol. The van der Waals surface area contributed by atoms with Crippen LogP contribution in [0.15, 0.2) is 48.1 Å². The zero-order valence-corrected chi connectivity index (χ0v) is 23.5. The van der Waals surface area contributed by atoms with Crippen molar-refractivity contribution in [3.05, 3.63) is 72.2 Å². The number of fused-ring (bicyclic) bond motifs is 1. The van der Waals surface area contributed by atoms with Crippen LogP contribution >= 0.6 is 11.3 Å². The Hall–Kier alpha value is -2.95. The zero-order chi connectivity index (χ0) is 23.7. The van der Waals surface area contributed by atoms with Crippen LogP contribution in [0.1, 0.15) is 22.1 Å². The van der Waals surface area contributed by atoms with E-state index >= 15 is 0 Å². The molecule has 1 radical (unpaired) electrons. The Bertz CT molecular complexity index is 1370. The number of carbonyl (C=O) groups excluding carboxylic acids is 3. The molecule has 11 heteroatoms. The van der Waals surface area contributed by atoms with Crippen LogP contribution < -0.4 is 4.74 Å². The molecule has 5 rings (SSSR count). The normalized spacial score (nSPS) is 13.0. The first-order valence-electron chi connectivity index (χ1n) is 10.6. The van der Waals surface area contributed by atoms with Gasteiger partial charge in [0.25, 0.3) is 17.6 Å². The number of hydrogen-bond acceptors (Lipinski definition) is 7. The largest absolute Gasteiger partial charge is 0.494 e. The van der Waals surface area contributed by atoms with Gasteiger partial charge < -0.3 is 31.9 Å². The van der Waals surface area contributed by atoms with Gasteiger partial charge in [-0.3, -0.25) is 30.7 Å². The number of aromatic amines is 1. The van der Waals surface area contributed by atoms with E-state index in [9.17, 15) is 14.4 Å². The number of ketones is 1. The third kappa shape index (κ3) is 5.11. The van der Waals surface area contributed by atoms with Crippen LogP contribution in [0, 0.1) is 12.9 Å². The number of amides is 2. The van der Waals surface area contributed by atoms with Crippen molar-refractivity contribution >= 4 is 39.8 Å². The van der Waals surface area contributed by atoms with E-state index < -0.39 is 11.7 Å². The number of carbonyl (C=O) groups is 3. The summed E-state index contributed by atoms with van der Waals surface area (Å²) >= 11 is 1.31. The maximum atomic E-state index is 13.2. The van der Waals surface area contributed by atoms with Crippen LogP contribution in [0.5, 0.6) is 5.75 Å². The molecule has 0 atom stereocenters. The number of ether oxygens (including phenoxy) is 1. The number of hydrogen-bond donors (Lipinski definition) is 1. The van der Waals surface area contributed by atoms with Crippen LogP contribution in [0.4, 0.5) is 0 Å². The average Bonchev–Trinajstić information content (AvgIpc) is 3.58. The number of nitrogens with zero attached hydrogens (tertiary/aromatic N) is 4. The molecule has 1 saturated heterocycles. The molecular formula is C25H25N5O4SY-2. The van der Waals surface area contributed by atoms with Gasteiger partial charge >= 0.3 is 0 Å². The second kappa shape index (κ2) is 11.9. The Morgan fingerprint density at radius 3 is 2.44 bits per heavy atom. The van der Waals surface area contributed by atoms with Gasteiger partial charge in [-0.15, -0.1) is 5.38 Å². The first-order chi connectivity index (χ1) is 16.6. The summed E-state index contributed by atoms with van der Waals surface area (Å²) in [6.45, 7) is 1.28. The van der Waals surface area contributed by atoms with Gasteiger partial charge in [-0.1, -0.05) is 23.9 Å². The molecule has 1 aliphatic heterocycles. The van der Waals surface area contributed by atoms with Crippen molar-refractivity contribution in [3.8, 4) is 17.1 Å². The second-order valence-electron chi connectivity index (χ2n) is 7.73. The molecule has 1 fully saturated rings. The summed E-state index contributed by atoms with van der Waals surface area (Å²) in [6.07, 6.45) is 3.02. The summed E-state index contributed by atoms with van der Waals surface area (Å²) in [7, 11) is 1.48. The molecule has 1 aliphatic rings. The zero-order valence-electron chi connectivity index (χ0n) is 19.9. The van der Waals surface area contributed by atoms with Crippen LogP contribution in [-0.4, -0.2) is 75.6 Å². The molecule has 4 aromatic rings. The minimum Gasteiger partial charge on any atom is -0.494 e. The molecular weight excluding hydrogens is 555 g/mol. The Balaban J connectivity index is 0.00000160. The summed E-state index contributed by atoms with van der Waals surface area (Å²) in [4.78, 5) is 53.8. The summed E-state index contributed by atoms with van der Waals surface area (Å²) in [5.41, 5.74) is 5.33. The third-order valence-corrected chi connectivity index (χ3v) is 6.38. The monoisotopic (exact) mass is 580 g/mol. The number of aromatic nitrogens is 3. The predicted octanol–water partition coefficient (Wildman–Crippen LogP) is 3.36. The molecule has 185 valence electrons. The number of piperazine rings is 1. The summed E-state index contributed by atoms with van der Waals surface area (Å²) in [5.74, 6) is -0.960. The smallest absolute Gasteiger partial charge is 0.295 e. The van der Waals surface area contributed by atoms with Crippen molar-refractivity contribution in [2.24, 2.45) is 0 Å². The van der Waals surface area contributed by atoms with Gasteiger partial charge in [-0.2, -0.15) is 0 Å². The first-order valence-corrected chi connectivity index (χ1v) is 11.5. The summed E-state index contributed by atoms with van der Waals surface area (Å²) in [5, 5.41) is 2.29. The van der Waals surface area contributed by atoms with Gasteiger partial charge in [0.1, 0.15) is 5.75 Å². The quantitative estimate of drug-likeness (QED) is 0.221. The van der Waals surface area contributed by atoms with Crippen molar-refractivity contribution in [2.45, 2.75) is 0 Å². The SMILES string of the molecule is COc1cnc(-c2cs[c-]n2)c2[nH]cc(C(=O)C(=O)N3CCN(C(=O)c4ccccc4)CC3)c12.[CH3-].[HH].[Y]. The third-order valence-electron chi connectivity index (χ3n) is 5.84. The van der Waals surface area contributed by atoms with Crippen molar-refractivity contribution < 1.29 is 53.3 Å². The van der Waals surface area contributed by atoms with Crippen LogP contribution in [0.25, 0.3) is 22.3 Å². The van der Waals surface area contributed by atoms with Gasteiger partial charge in [0, 0.05) is 77.8 Å². The van der Waals surface area contributed by atoms with E-state index in [4.69, 9.17) is 4.74 Å². The molecule has 0 unspecified atom stereocenters. The van der Waals surface area contributed by atoms with Crippen molar-refractivity contribution in [1.29, 1.82) is 0 Å². The molecule has 0 saturated carbocycles. The number of Topliss-reactive ketones (excluding diaryl/α,β-unsaturated/α-hetero) is 1. The maximum absolute atomic E-state index is 13.2. The minimum absolute atomic E-state index is 0. The number of pyridine rings is 1. The Labute approximate surface area is 239 Å². The molecule has 36 heavy (non-hydrogen) atoms. The first kappa shape index (κ1) is 27.6. The van der Waals surface area contributed by atoms with Gasteiger partial charge in [0.15, 0.2) is 0 Å². The van der Waals surface area contributed by atoms with Crippen molar-refractivity contribution in [2.75, 3.05) is 33.3 Å². The fourth-order valence-corrected chi connectivity index (χ4v) is 4.55. The molecule has 4 heterocycles. The van der Waals surface area contributed by atoms with Crippen LogP contribution in [0.3, 0.4) is 0 Å². The number of nitrogens with one attached hydrogen (secondary N) is 1. The van der Waals surface area contributed by atoms with E-state index in [0.29, 0.717) is 46.7 Å². The van der Waals surface area contributed by atoms with E-state index in [0.717, 1.165) is 0 Å². The second-order valence-corrected chi connectivity index (χ2v) is 8.39. The van der Waals surface area contributed by atoms with Crippen LogP contribution in [0.2, 0.25) is 0 Å². The van der Waals surface area contributed by atoms with E-state index in [1.165, 1.54) is 35.7 Å². The molecule has 9 nitrogen and oxygen atoms in total. The minimum atomic E-state index is -0.644. The molecule has 3 aromatic heterocycles. The van der Waals surface area contributed by atoms with Crippen LogP contribution in [-0.2, 0) is 37.5 Å². The Morgan fingerprint density at radius 2 is 1.81 bits per heavy atom. The maximum Gasteiger partial charge on any atom is 0.295 e. The Kier molecular flexibility index (Phi) is 9.10. The van der Waals surface area contributed by atoms with Crippen molar-refractivity contribution in [3.63, 3.8) is 0 Å². The molecule has 1 aromatic carbocycles. The standard InChI is InChI=1S/C24H20N5O4S.CH3.Y.H2/c1-33-18-12-26-20(17-13-34-14-27-17)21-19(18)16(11-25-21)22(30)24(32)29-9-7-28(8-10-29)23(31)15-5-3-2-4-6-15;;;/h2-6,11-13,25H,7-10H2,1H3;1H3;;1H/q2*-1;;. The number of rotatable bonds is 5. The summed E-state index contributed by atoms with van der Waals surface area (Å²) < 4.78 is 5.43. The van der Waals surface area contributed by atoms with Gasteiger partial charge in [-0.25, -0.2) is 0 Å². The van der Waals surface area contributed by atoms with E-state index in [-0.39, 0.29) is 66.1 Å². The fourth-order valence-electron chi connectivity index (χ4n) is 4.07. The molecule has 0 bridgehead atoms. The van der Waals surface area contributed by atoms with E-state index in [1.54, 1.807) is 22.4 Å². The van der Waals surface area contributed by atoms with E-state index in [2.05, 4.69) is 20.5 Å². The number of benzene rings is 1. The average molecular weight is 580 g/mol. The molecule has 0 spiro atoms. The number of methoxy groups -OCH3 is 1. The molecule has 0 aliphatic carbocycles. The topological polar surface area (TPSA) is 108 Å². The van der Waals surface area contributed by atoms with E-state index in [1.807, 2.05) is 18.2 Å². The number of H-pyrrole nitrogens is 1. The van der Waals surface area contributed by atoms with Gasteiger partial charge in [0.2, 0.25) is 0 Å². The van der Waals surface area contributed by atoms with Gasteiger partial charge in [0.05, 0.1) is 29.8 Å².